The Hall–Kier alpha value is -2.54. The summed E-state index contributed by atoms with van der Waals surface area (Å²) in [6.07, 6.45) is 0. The number of carbonyl (C=O) groups excluding carboxylic acids is 1. The molecule has 0 saturated carbocycles. The van der Waals surface area contributed by atoms with Gasteiger partial charge < -0.3 is 10.5 Å². The van der Waals surface area contributed by atoms with Crippen molar-refractivity contribution in [3.63, 3.8) is 0 Å². The van der Waals surface area contributed by atoms with Crippen LogP contribution in [0.1, 0.15) is 10.4 Å². The molecule has 0 heterocycles. The van der Waals surface area contributed by atoms with Crippen LogP contribution in [0.25, 0.3) is 0 Å². The number of ether oxygens (including phenoxy) is 1. The first kappa shape index (κ1) is 14.9. The summed E-state index contributed by atoms with van der Waals surface area (Å²) in [5, 5.41) is 0. The van der Waals surface area contributed by atoms with E-state index in [1.807, 2.05) is 4.72 Å². The van der Waals surface area contributed by atoms with E-state index >= 15 is 0 Å². The average Bonchev–Trinajstić information content (AvgIpc) is 2.47. The molecule has 110 valence electrons. The molecule has 2 aromatic carbocycles. The lowest BCUT2D eigenvalue weighted by Gasteiger charge is -2.10. The first-order valence-electron chi connectivity index (χ1n) is 6.00. The fraction of sp³-hybridized carbons (Fsp3) is 0.0714. The van der Waals surface area contributed by atoms with Gasteiger partial charge in [-0.3, -0.25) is 4.79 Å². The van der Waals surface area contributed by atoms with Crippen LogP contribution in [0.5, 0.6) is 5.75 Å². The highest BCUT2D eigenvalue weighted by Crippen LogP contribution is 2.18. The van der Waals surface area contributed by atoms with Crippen molar-refractivity contribution in [2.75, 3.05) is 12.8 Å². The molecule has 0 bridgehead atoms. The molecule has 0 unspecified atom stereocenters. The predicted molar refractivity (Wildman–Crippen MR) is 78.5 cm³/mol. The average molecular weight is 306 g/mol. The lowest BCUT2D eigenvalue weighted by atomic mass is 10.2. The predicted octanol–water partition coefficient (Wildman–Crippen LogP) is 1.40. The van der Waals surface area contributed by atoms with E-state index in [1.165, 1.54) is 37.4 Å². The van der Waals surface area contributed by atoms with Crippen LogP contribution in [0.4, 0.5) is 5.69 Å². The van der Waals surface area contributed by atoms with Gasteiger partial charge in [0.05, 0.1) is 17.6 Å². The van der Waals surface area contributed by atoms with Crippen molar-refractivity contribution in [2.24, 2.45) is 0 Å². The molecule has 2 rings (SSSR count). The molecule has 0 atom stereocenters. The van der Waals surface area contributed by atoms with E-state index in [1.54, 1.807) is 18.2 Å². The Balaban J connectivity index is 2.28. The first-order valence-corrected chi connectivity index (χ1v) is 7.48. The number of rotatable bonds is 4. The molecule has 0 saturated heterocycles. The molecule has 0 aliphatic rings. The fourth-order valence-electron chi connectivity index (χ4n) is 1.72. The van der Waals surface area contributed by atoms with E-state index in [0.29, 0.717) is 11.4 Å². The molecular formula is C14H14N2O4S. The molecule has 21 heavy (non-hydrogen) atoms. The highest BCUT2D eigenvalue weighted by molar-refractivity contribution is 7.90. The van der Waals surface area contributed by atoms with Crippen LogP contribution in [0, 0.1) is 0 Å². The Morgan fingerprint density at radius 2 is 1.71 bits per heavy atom. The fourth-order valence-corrected chi connectivity index (χ4v) is 2.68. The number of benzene rings is 2. The van der Waals surface area contributed by atoms with Gasteiger partial charge in [0.15, 0.2) is 0 Å². The molecule has 7 heteroatoms. The minimum absolute atomic E-state index is 0.0417. The van der Waals surface area contributed by atoms with Gasteiger partial charge in [-0.15, -0.1) is 0 Å². The summed E-state index contributed by atoms with van der Waals surface area (Å²) >= 11 is 0. The molecule has 3 N–H and O–H groups in total. The van der Waals surface area contributed by atoms with Crippen LogP contribution >= 0.6 is 0 Å². The van der Waals surface area contributed by atoms with E-state index in [4.69, 9.17) is 10.5 Å². The van der Waals surface area contributed by atoms with E-state index in [9.17, 15) is 13.2 Å². The van der Waals surface area contributed by atoms with Crippen LogP contribution < -0.4 is 15.2 Å². The number of hydrogen-bond donors (Lipinski definition) is 2. The normalized spacial score (nSPS) is 10.9. The molecule has 0 spiro atoms. The van der Waals surface area contributed by atoms with Crippen LogP contribution in [0.2, 0.25) is 0 Å². The van der Waals surface area contributed by atoms with Gasteiger partial charge in [0.2, 0.25) is 0 Å². The molecule has 0 fully saturated rings. The largest absolute Gasteiger partial charge is 0.496 e. The quantitative estimate of drug-likeness (QED) is 0.832. The lowest BCUT2D eigenvalue weighted by Crippen LogP contribution is -2.30. The molecule has 2 aromatic rings. The van der Waals surface area contributed by atoms with E-state index in [-0.39, 0.29) is 10.5 Å². The number of anilines is 1. The smallest absolute Gasteiger partial charge is 0.268 e. The first-order chi connectivity index (χ1) is 9.94. The van der Waals surface area contributed by atoms with Gasteiger partial charge in [-0.05, 0) is 36.4 Å². The van der Waals surface area contributed by atoms with Crippen molar-refractivity contribution < 1.29 is 17.9 Å². The van der Waals surface area contributed by atoms with Gasteiger partial charge in [0.25, 0.3) is 15.9 Å². The van der Waals surface area contributed by atoms with Crippen LogP contribution in [-0.2, 0) is 10.0 Å². The second-order valence-corrected chi connectivity index (χ2v) is 5.89. The summed E-state index contributed by atoms with van der Waals surface area (Å²) in [5.74, 6) is -0.466. The van der Waals surface area contributed by atoms with Crippen LogP contribution in [-0.4, -0.2) is 21.4 Å². The molecule has 1 amide bonds. The maximum atomic E-state index is 12.1. The number of carbonyl (C=O) groups is 1. The van der Waals surface area contributed by atoms with Crippen molar-refractivity contribution in [1.29, 1.82) is 0 Å². The Morgan fingerprint density at radius 1 is 1.10 bits per heavy atom. The maximum absolute atomic E-state index is 12.1. The maximum Gasteiger partial charge on any atom is 0.268 e. The van der Waals surface area contributed by atoms with E-state index < -0.39 is 15.9 Å². The zero-order valence-corrected chi connectivity index (χ0v) is 12.1. The third-order valence-corrected chi connectivity index (χ3v) is 4.12. The topological polar surface area (TPSA) is 98.5 Å². The number of hydrogen-bond acceptors (Lipinski definition) is 5. The number of nitrogens with one attached hydrogen (secondary N) is 1. The van der Waals surface area contributed by atoms with Gasteiger partial charge in [0, 0.05) is 5.69 Å². The Morgan fingerprint density at radius 3 is 2.33 bits per heavy atom. The van der Waals surface area contributed by atoms with Gasteiger partial charge in [0.1, 0.15) is 5.75 Å². The van der Waals surface area contributed by atoms with Crippen molar-refractivity contribution in [2.45, 2.75) is 4.90 Å². The van der Waals surface area contributed by atoms with Crippen molar-refractivity contribution >= 4 is 21.6 Å². The van der Waals surface area contributed by atoms with Gasteiger partial charge in [-0.2, -0.15) is 0 Å². The number of nitrogens with two attached hydrogens (primary N) is 1. The zero-order chi connectivity index (χ0) is 15.5. The molecule has 0 radical (unpaired) electrons. The minimum atomic E-state index is -3.96. The van der Waals surface area contributed by atoms with Gasteiger partial charge in [-0.25, -0.2) is 13.1 Å². The Bertz CT molecular complexity index is 755. The van der Waals surface area contributed by atoms with Gasteiger partial charge >= 0.3 is 0 Å². The summed E-state index contributed by atoms with van der Waals surface area (Å²) in [6, 6.07) is 11.9. The minimum Gasteiger partial charge on any atom is -0.496 e. The summed E-state index contributed by atoms with van der Waals surface area (Å²) in [7, 11) is -2.56. The number of sulfonamides is 1. The standard InChI is InChI=1S/C14H14N2O4S/c1-20-13-5-3-2-4-12(13)14(17)16-21(18,19)11-8-6-10(15)7-9-11/h2-9H,15H2,1H3,(H,16,17). The van der Waals surface area contributed by atoms with Crippen molar-refractivity contribution in [3.05, 3.63) is 54.1 Å². The Kier molecular flexibility index (Phi) is 4.13. The summed E-state index contributed by atoms with van der Waals surface area (Å²) in [5.41, 5.74) is 6.07. The summed E-state index contributed by atoms with van der Waals surface area (Å²) in [4.78, 5) is 12.0. The van der Waals surface area contributed by atoms with E-state index in [2.05, 4.69) is 0 Å². The monoisotopic (exact) mass is 306 g/mol. The zero-order valence-electron chi connectivity index (χ0n) is 11.2. The lowest BCUT2D eigenvalue weighted by molar-refractivity contribution is 0.0978. The highest BCUT2D eigenvalue weighted by atomic mass is 32.2. The second kappa shape index (κ2) is 5.84. The van der Waals surface area contributed by atoms with Crippen molar-refractivity contribution in [3.8, 4) is 5.75 Å². The third kappa shape index (κ3) is 3.32. The molecule has 0 aliphatic carbocycles. The van der Waals surface area contributed by atoms with Crippen molar-refractivity contribution in [1.82, 2.24) is 4.72 Å². The highest BCUT2D eigenvalue weighted by Gasteiger charge is 2.20. The molecule has 6 nitrogen and oxygen atoms in total. The number of amides is 1. The SMILES string of the molecule is COc1ccccc1C(=O)NS(=O)(=O)c1ccc(N)cc1. The number of nitrogen functional groups attached to an aromatic ring is 1. The Labute approximate surface area is 122 Å². The number of para-hydroxylation sites is 1. The van der Waals surface area contributed by atoms with E-state index in [0.717, 1.165) is 0 Å². The van der Waals surface area contributed by atoms with Crippen LogP contribution in [0.15, 0.2) is 53.4 Å². The van der Waals surface area contributed by atoms with Gasteiger partial charge in [-0.1, -0.05) is 12.1 Å². The summed E-state index contributed by atoms with van der Waals surface area (Å²) < 4.78 is 31.3. The third-order valence-electron chi connectivity index (χ3n) is 2.77. The molecule has 0 aromatic heterocycles. The summed E-state index contributed by atoms with van der Waals surface area (Å²) in [6.45, 7) is 0. The molecular weight excluding hydrogens is 292 g/mol. The number of methoxy groups -OCH3 is 1. The van der Waals surface area contributed by atoms with Crippen LogP contribution in [0.3, 0.4) is 0 Å². The second-order valence-electron chi connectivity index (χ2n) is 4.20. The molecule has 0 aliphatic heterocycles.